The fraction of sp³-hybridized carbons (Fsp3) is 0.400. The molecular formula is C20H21F4I. The second-order valence-corrected chi connectivity index (χ2v) is 8.00. The van der Waals surface area contributed by atoms with Crippen LogP contribution in [0.15, 0.2) is 24.3 Å². The van der Waals surface area contributed by atoms with Gasteiger partial charge in [0.2, 0.25) is 0 Å². The molecule has 0 aliphatic carbocycles. The van der Waals surface area contributed by atoms with Crippen molar-refractivity contribution in [3.8, 4) is 11.1 Å². The first-order valence-corrected chi connectivity index (χ1v) is 9.67. The van der Waals surface area contributed by atoms with Crippen LogP contribution in [0.3, 0.4) is 0 Å². The molecule has 25 heavy (non-hydrogen) atoms. The minimum atomic E-state index is -1.15. The molecule has 136 valence electrons. The summed E-state index contributed by atoms with van der Waals surface area (Å²) in [6.07, 6.45) is 4.33. The molecule has 0 aliphatic heterocycles. The van der Waals surface area contributed by atoms with Gasteiger partial charge >= 0.3 is 0 Å². The summed E-state index contributed by atoms with van der Waals surface area (Å²) in [5, 5.41) is 0. The normalized spacial score (nSPS) is 12.4. The van der Waals surface area contributed by atoms with Gasteiger partial charge in [0.1, 0.15) is 0 Å². The van der Waals surface area contributed by atoms with Crippen LogP contribution in [0.1, 0.15) is 43.7 Å². The maximum Gasteiger partial charge on any atom is 0.167 e. The molecule has 0 fully saturated rings. The molecule has 0 bridgehead atoms. The molecule has 0 radical (unpaired) electrons. The van der Waals surface area contributed by atoms with Crippen molar-refractivity contribution in [3.05, 3.63) is 58.7 Å². The Bertz CT molecular complexity index is 743. The van der Waals surface area contributed by atoms with E-state index in [4.69, 9.17) is 0 Å². The lowest BCUT2D eigenvalue weighted by Crippen LogP contribution is -2.02. The van der Waals surface area contributed by atoms with E-state index in [0.29, 0.717) is 10.3 Å². The van der Waals surface area contributed by atoms with Crippen LogP contribution in [0.4, 0.5) is 17.6 Å². The highest BCUT2D eigenvalue weighted by Crippen LogP contribution is 2.31. The fourth-order valence-electron chi connectivity index (χ4n) is 2.82. The van der Waals surface area contributed by atoms with Crippen molar-refractivity contribution < 1.29 is 17.6 Å². The van der Waals surface area contributed by atoms with Gasteiger partial charge in [0.25, 0.3) is 0 Å². The van der Waals surface area contributed by atoms with Crippen LogP contribution in [0.2, 0.25) is 0 Å². The van der Waals surface area contributed by atoms with Crippen LogP contribution < -0.4 is 0 Å². The van der Waals surface area contributed by atoms with Crippen molar-refractivity contribution in [3.63, 3.8) is 0 Å². The molecule has 0 saturated carbocycles. The van der Waals surface area contributed by atoms with Gasteiger partial charge in [-0.25, -0.2) is 17.6 Å². The highest BCUT2D eigenvalue weighted by molar-refractivity contribution is 14.1. The van der Waals surface area contributed by atoms with Gasteiger partial charge in [-0.3, -0.25) is 0 Å². The number of benzene rings is 2. The number of halogens is 5. The van der Waals surface area contributed by atoms with E-state index in [1.54, 1.807) is 0 Å². The van der Waals surface area contributed by atoms with Crippen molar-refractivity contribution in [2.24, 2.45) is 0 Å². The monoisotopic (exact) mass is 464 g/mol. The lowest BCUT2D eigenvalue weighted by atomic mass is 9.98. The molecule has 0 heterocycles. The molecule has 5 heteroatoms. The number of alkyl halides is 1. The molecule has 2 aromatic rings. The first-order valence-electron chi connectivity index (χ1n) is 8.42. The zero-order valence-corrected chi connectivity index (χ0v) is 16.5. The summed E-state index contributed by atoms with van der Waals surface area (Å²) in [6, 6.07) is 5.42. The standard InChI is InChI=1S/C20H21F4I/c1-3-5-14(25)7-4-6-13-9-11-16(20(24)18(13)22)15-10-8-12(2)17(21)19(15)23/h8-11,14H,3-7H2,1-2H3. The predicted octanol–water partition coefficient (Wildman–Crippen LogP) is 7.14. The van der Waals surface area contributed by atoms with E-state index in [9.17, 15) is 17.6 Å². The lowest BCUT2D eigenvalue weighted by Gasteiger charge is -2.12. The summed E-state index contributed by atoms with van der Waals surface area (Å²) in [6.45, 7) is 3.54. The van der Waals surface area contributed by atoms with Crippen LogP contribution in [0, 0.1) is 30.2 Å². The van der Waals surface area contributed by atoms with Gasteiger partial charge in [-0.15, -0.1) is 0 Å². The Hall–Kier alpha value is -1.11. The molecule has 2 rings (SSSR count). The van der Waals surface area contributed by atoms with Gasteiger partial charge in [0.05, 0.1) is 0 Å². The minimum Gasteiger partial charge on any atom is -0.203 e. The second kappa shape index (κ2) is 9.01. The number of aryl methyl sites for hydroxylation is 2. The highest BCUT2D eigenvalue weighted by Gasteiger charge is 2.19. The van der Waals surface area contributed by atoms with Gasteiger partial charge in [-0.05, 0) is 43.7 Å². The SMILES string of the molecule is CCCC(I)CCCc1ccc(-c2ccc(C)c(F)c2F)c(F)c1F. The molecular weight excluding hydrogens is 443 g/mol. The summed E-state index contributed by atoms with van der Waals surface area (Å²) in [4.78, 5) is 0. The zero-order chi connectivity index (χ0) is 18.6. The average molecular weight is 464 g/mol. The molecule has 0 N–H and O–H groups in total. The first kappa shape index (κ1) is 20.2. The fourth-order valence-corrected chi connectivity index (χ4v) is 3.88. The van der Waals surface area contributed by atoms with Crippen LogP contribution in [0.25, 0.3) is 11.1 Å². The van der Waals surface area contributed by atoms with E-state index in [1.165, 1.54) is 31.2 Å². The predicted molar refractivity (Wildman–Crippen MR) is 102 cm³/mol. The summed E-state index contributed by atoms with van der Waals surface area (Å²) < 4.78 is 57.0. The smallest absolute Gasteiger partial charge is 0.167 e. The van der Waals surface area contributed by atoms with E-state index < -0.39 is 23.3 Å². The third-order valence-electron chi connectivity index (χ3n) is 4.29. The van der Waals surface area contributed by atoms with E-state index in [2.05, 4.69) is 29.5 Å². The number of rotatable bonds is 7. The third-order valence-corrected chi connectivity index (χ3v) is 5.54. The Balaban J connectivity index is 2.22. The van der Waals surface area contributed by atoms with Gasteiger partial charge in [0.15, 0.2) is 23.3 Å². The maximum absolute atomic E-state index is 14.4. The average Bonchev–Trinajstić information content (AvgIpc) is 2.58. The van der Waals surface area contributed by atoms with Gasteiger partial charge < -0.3 is 0 Å². The molecule has 1 atom stereocenters. The summed E-state index contributed by atoms with van der Waals surface area (Å²) in [5.41, 5.74) is -0.120. The lowest BCUT2D eigenvalue weighted by molar-refractivity contribution is 0.492. The minimum absolute atomic E-state index is 0.124. The van der Waals surface area contributed by atoms with Gasteiger partial charge in [-0.2, -0.15) is 0 Å². The molecule has 0 aromatic heterocycles. The van der Waals surface area contributed by atoms with Crippen LogP contribution in [0.5, 0.6) is 0 Å². The second-order valence-electron chi connectivity index (χ2n) is 6.24. The van der Waals surface area contributed by atoms with E-state index in [1.807, 2.05) is 0 Å². The molecule has 2 aromatic carbocycles. The number of hydrogen-bond acceptors (Lipinski definition) is 0. The zero-order valence-electron chi connectivity index (χ0n) is 14.3. The Morgan fingerprint density at radius 1 is 0.840 bits per heavy atom. The van der Waals surface area contributed by atoms with Crippen molar-refractivity contribution >= 4 is 22.6 Å². The highest BCUT2D eigenvalue weighted by atomic mass is 127. The van der Waals surface area contributed by atoms with Crippen molar-refractivity contribution in [2.45, 2.75) is 49.9 Å². The Morgan fingerprint density at radius 3 is 2.08 bits per heavy atom. The largest absolute Gasteiger partial charge is 0.203 e. The molecule has 0 amide bonds. The quantitative estimate of drug-likeness (QED) is 0.232. The van der Waals surface area contributed by atoms with Gasteiger partial charge in [-0.1, -0.05) is 60.2 Å². The third kappa shape index (κ3) is 4.74. The Morgan fingerprint density at radius 2 is 1.44 bits per heavy atom. The van der Waals surface area contributed by atoms with Crippen LogP contribution >= 0.6 is 22.6 Å². The number of hydrogen-bond donors (Lipinski definition) is 0. The molecule has 0 saturated heterocycles. The summed E-state index contributed by atoms with van der Waals surface area (Å²) >= 11 is 2.38. The molecule has 0 nitrogen and oxygen atoms in total. The summed E-state index contributed by atoms with van der Waals surface area (Å²) in [7, 11) is 0. The van der Waals surface area contributed by atoms with Gasteiger partial charge in [0, 0.05) is 15.1 Å². The molecule has 0 aliphatic rings. The van der Waals surface area contributed by atoms with Crippen LogP contribution in [-0.4, -0.2) is 3.92 Å². The molecule has 1 unspecified atom stereocenters. The Kier molecular flexibility index (Phi) is 7.28. The molecule has 0 spiro atoms. The first-order chi connectivity index (χ1) is 11.9. The summed E-state index contributed by atoms with van der Waals surface area (Å²) in [5.74, 6) is -4.29. The van der Waals surface area contributed by atoms with Crippen molar-refractivity contribution in [2.75, 3.05) is 0 Å². The topological polar surface area (TPSA) is 0 Å². The van der Waals surface area contributed by atoms with E-state index in [-0.39, 0.29) is 22.3 Å². The van der Waals surface area contributed by atoms with Crippen LogP contribution in [-0.2, 0) is 6.42 Å². The van der Waals surface area contributed by atoms with Crippen molar-refractivity contribution in [1.29, 1.82) is 0 Å². The van der Waals surface area contributed by atoms with E-state index >= 15 is 0 Å². The van der Waals surface area contributed by atoms with E-state index in [0.717, 1.165) is 25.7 Å². The Labute approximate surface area is 159 Å². The maximum atomic E-state index is 14.4. The van der Waals surface area contributed by atoms with Crippen molar-refractivity contribution in [1.82, 2.24) is 0 Å².